The van der Waals surface area contributed by atoms with Crippen molar-refractivity contribution in [1.29, 1.82) is 0 Å². The largest absolute Gasteiger partial charge is 0.466 e. The first kappa shape index (κ1) is 22.1. The summed E-state index contributed by atoms with van der Waals surface area (Å²) in [5.41, 5.74) is 2.64. The molecule has 2 unspecified atom stereocenters. The predicted octanol–water partition coefficient (Wildman–Crippen LogP) is 2.28. The number of esters is 1. The molecule has 4 rings (SSSR count). The number of aryl methyl sites for hydroxylation is 2. The number of aliphatic hydroxyl groups is 1. The number of carbonyl (C=O) groups is 3. The van der Waals surface area contributed by atoms with Crippen LogP contribution in [0.3, 0.4) is 0 Å². The van der Waals surface area contributed by atoms with Crippen molar-refractivity contribution in [2.75, 3.05) is 18.5 Å². The first-order valence-corrected chi connectivity index (χ1v) is 11.8. The molecular weight excluding hydrogens is 416 g/mol. The van der Waals surface area contributed by atoms with Crippen LogP contribution < -0.4 is 5.32 Å². The van der Waals surface area contributed by atoms with Gasteiger partial charge in [0.15, 0.2) is 0 Å². The molecule has 8 heteroatoms. The maximum Gasteiger partial charge on any atom is 0.310 e. The number of likely N-dealkylation sites (tertiary alicyclic amines) is 1. The van der Waals surface area contributed by atoms with Crippen LogP contribution >= 0.6 is 11.8 Å². The summed E-state index contributed by atoms with van der Waals surface area (Å²) in [4.78, 5) is 41.6. The number of hydrogen-bond acceptors (Lipinski definition) is 6. The number of amides is 2. The smallest absolute Gasteiger partial charge is 0.310 e. The number of para-hydroxylation sites is 1. The lowest BCUT2D eigenvalue weighted by molar-refractivity contribution is -0.154. The molecule has 168 valence electrons. The van der Waals surface area contributed by atoms with Gasteiger partial charge in [0.25, 0.3) is 0 Å². The van der Waals surface area contributed by atoms with Gasteiger partial charge in [0, 0.05) is 10.9 Å². The lowest BCUT2D eigenvalue weighted by atomic mass is 9.71. The van der Waals surface area contributed by atoms with E-state index in [4.69, 9.17) is 4.74 Å². The van der Waals surface area contributed by atoms with Crippen molar-refractivity contribution in [3.8, 4) is 0 Å². The SMILES string of the molecule is CCOC(=O)[C@@H]1[C@H]2C(=O)N([C@H](C)CO)C(C(=O)Nc3c(C)cccc3C)C23CC[C@H]1S3. The highest BCUT2D eigenvalue weighted by Crippen LogP contribution is 2.66. The average molecular weight is 447 g/mol. The van der Waals surface area contributed by atoms with E-state index < -0.39 is 28.7 Å². The van der Waals surface area contributed by atoms with Gasteiger partial charge in [-0.3, -0.25) is 14.4 Å². The molecule has 0 aliphatic carbocycles. The quantitative estimate of drug-likeness (QED) is 0.651. The molecule has 6 atom stereocenters. The Bertz CT molecular complexity index is 901. The number of hydrogen-bond donors (Lipinski definition) is 2. The van der Waals surface area contributed by atoms with Crippen LogP contribution in [-0.2, 0) is 19.1 Å². The number of thioether (sulfide) groups is 1. The van der Waals surface area contributed by atoms with Gasteiger partial charge in [0.05, 0.1) is 35.8 Å². The number of benzene rings is 1. The molecule has 2 bridgehead atoms. The summed E-state index contributed by atoms with van der Waals surface area (Å²) in [6.07, 6.45) is 1.46. The Morgan fingerprint density at radius 2 is 2.03 bits per heavy atom. The van der Waals surface area contributed by atoms with Gasteiger partial charge >= 0.3 is 5.97 Å². The Labute approximate surface area is 186 Å². The van der Waals surface area contributed by atoms with Crippen molar-refractivity contribution < 1.29 is 24.2 Å². The zero-order chi connectivity index (χ0) is 22.5. The molecule has 3 aliphatic heterocycles. The highest BCUT2D eigenvalue weighted by atomic mass is 32.2. The lowest BCUT2D eigenvalue weighted by Crippen LogP contribution is -2.54. The highest BCUT2D eigenvalue weighted by Gasteiger charge is 2.74. The molecule has 0 radical (unpaired) electrons. The number of rotatable bonds is 6. The lowest BCUT2D eigenvalue weighted by Gasteiger charge is -2.36. The molecule has 3 heterocycles. The Kier molecular flexibility index (Phi) is 5.81. The van der Waals surface area contributed by atoms with Gasteiger partial charge in [-0.2, -0.15) is 0 Å². The van der Waals surface area contributed by atoms with Crippen LogP contribution in [0.4, 0.5) is 5.69 Å². The molecule has 3 fully saturated rings. The molecule has 1 aromatic rings. The molecule has 3 aliphatic rings. The summed E-state index contributed by atoms with van der Waals surface area (Å²) < 4.78 is 4.63. The Morgan fingerprint density at radius 3 is 2.65 bits per heavy atom. The Hall–Kier alpha value is -2.06. The Balaban J connectivity index is 1.74. The molecule has 0 aromatic heterocycles. The molecule has 2 amide bonds. The zero-order valence-electron chi connectivity index (χ0n) is 18.4. The topological polar surface area (TPSA) is 95.9 Å². The van der Waals surface area contributed by atoms with Gasteiger partial charge in [0.2, 0.25) is 11.8 Å². The van der Waals surface area contributed by atoms with Crippen molar-refractivity contribution in [3.05, 3.63) is 29.3 Å². The second-order valence-electron chi connectivity index (χ2n) is 8.84. The van der Waals surface area contributed by atoms with E-state index in [1.54, 1.807) is 25.6 Å². The predicted molar refractivity (Wildman–Crippen MR) is 119 cm³/mol. The number of nitrogens with zero attached hydrogens (tertiary/aromatic N) is 1. The molecule has 3 saturated heterocycles. The third kappa shape index (κ3) is 3.26. The number of carbonyl (C=O) groups excluding carboxylic acids is 3. The van der Waals surface area contributed by atoms with Crippen molar-refractivity contribution in [2.24, 2.45) is 11.8 Å². The van der Waals surface area contributed by atoms with E-state index in [1.807, 2.05) is 32.0 Å². The normalized spacial score (nSPS) is 32.2. The second kappa shape index (κ2) is 8.13. The van der Waals surface area contributed by atoms with E-state index in [0.29, 0.717) is 6.42 Å². The minimum absolute atomic E-state index is 0.0184. The minimum atomic E-state index is -0.749. The molecule has 0 saturated carbocycles. The Morgan fingerprint density at radius 1 is 1.35 bits per heavy atom. The summed E-state index contributed by atoms with van der Waals surface area (Å²) in [6, 6.07) is 4.53. The van der Waals surface area contributed by atoms with E-state index >= 15 is 0 Å². The van der Waals surface area contributed by atoms with E-state index in [9.17, 15) is 19.5 Å². The monoisotopic (exact) mass is 446 g/mol. The summed E-state index contributed by atoms with van der Waals surface area (Å²) in [5.74, 6) is -1.98. The van der Waals surface area contributed by atoms with E-state index in [-0.39, 0.29) is 36.2 Å². The third-order valence-corrected chi connectivity index (χ3v) is 8.97. The van der Waals surface area contributed by atoms with Gasteiger partial charge in [-0.05, 0) is 51.7 Å². The molecular formula is C23H30N2O5S. The van der Waals surface area contributed by atoms with Crippen molar-refractivity contribution in [1.82, 2.24) is 4.90 Å². The fraction of sp³-hybridized carbons (Fsp3) is 0.609. The number of ether oxygens (including phenoxy) is 1. The van der Waals surface area contributed by atoms with Gasteiger partial charge in [-0.1, -0.05) is 18.2 Å². The first-order chi connectivity index (χ1) is 14.8. The average Bonchev–Trinajstić information content (AvgIpc) is 3.37. The summed E-state index contributed by atoms with van der Waals surface area (Å²) in [5, 5.41) is 12.9. The van der Waals surface area contributed by atoms with Crippen LogP contribution in [0.15, 0.2) is 18.2 Å². The van der Waals surface area contributed by atoms with Crippen molar-refractivity contribution >= 4 is 35.2 Å². The number of anilines is 1. The summed E-state index contributed by atoms with van der Waals surface area (Å²) >= 11 is 1.60. The second-order valence-corrected chi connectivity index (χ2v) is 10.4. The maximum absolute atomic E-state index is 13.7. The van der Waals surface area contributed by atoms with Crippen molar-refractivity contribution in [2.45, 2.75) is 62.6 Å². The van der Waals surface area contributed by atoms with Gasteiger partial charge in [-0.15, -0.1) is 11.8 Å². The fourth-order valence-corrected chi connectivity index (χ4v) is 7.86. The third-order valence-electron chi connectivity index (χ3n) is 7.01. The molecule has 1 aromatic carbocycles. The molecule has 31 heavy (non-hydrogen) atoms. The van der Waals surface area contributed by atoms with Gasteiger partial charge < -0.3 is 20.1 Å². The van der Waals surface area contributed by atoms with E-state index in [2.05, 4.69) is 5.32 Å². The number of fused-ring (bicyclic) bond motifs is 1. The number of nitrogens with one attached hydrogen (secondary N) is 1. The van der Waals surface area contributed by atoms with Crippen LogP contribution in [0, 0.1) is 25.7 Å². The number of aliphatic hydroxyl groups excluding tert-OH is 1. The van der Waals surface area contributed by atoms with E-state index in [1.165, 1.54) is 4.90 Å². The molecule has 1 spiro atoms. The van der Waals surface area contributed by atoms with Crippen molar-refractivity contribution in [3.63, 3.8) is 0 Å². The first-order valence-electron chi connectivity index (χ1n) is 10.9. The maximum atomic E-state index is 13.7. The zero-order valence-corrected chi connectivity index (χ0v) is 19.2. The van der Waals surface area contributed by atoms with Crippen LogP contribution in [0.1, 0.15) is 37.8 Å². The van der Waals surface area contributed by atoms with Gasteiger partial charge in [0.1, 0.15) is 6.04 Å². The van der Waals surface area contributed by atoms with E-state index in [0.717, 1.165) is 23.2 Å². The summed E-state index contributed by atoms with van der Waals surface area (Å²) in [6.45, 7) is 7.37. The van der Waals surface area contributed by atoms with Crippen LogP contribution in [0.2, 0.25) is 0 Å². The molecule has 2 N–H and O–H groups in total. The van der Waals surface area contributed by atoms with Crippen LogP contribution in [0.25, 0.3) is 0 Å². The standard InChI is InChI=1S/C23H30N2O5S/c1-5-30-22(29)16-15-9-10-23(31-15)17(16)21(28)25(14(4)11-26)19(23)20(27)24-18-12(2)7-6-8-13(18)3/h6-8,14-17,19,26H,5,9-11H2,1-4H3,(H,24,27)/t14-,15-,16+,17+,19?,23?/m1/s1. The minimum Gasteiger partial charge on any atom is -0.466 e. The molecule has 7 nitrogen and oxygen atoms in total. The van der Waals surface area contributed by atoms with Gasteiger partial charge in [-0.25, -0.2) is 0 Å². The fourth-order valence-electron chi connectivity index (χ4n) is 5.66. The van der Waals surface area contributed by atoms with Crippen LogP contribution in [0.5, 0.6) is 0 Å². The van der Waals surface area contributed by atoms with Crippen LogP contribution in [-0.4, -0.2) is 63.1 Å². The summed E-state index contributed by atoms with van der Waals surface area (Å²) in [7, 11) is 0. The highest BCUT2D eigenvalue weighted by molar-refractivity contribution is 8.02.